The van der Waals surface area contributed by atoms with Gasteiger partial charge in [-0.3, -0.25) is 0 Å². The molecular formula is C18H23F3N4O. The lowest BCUT2D eigenvalue weighted by atomic mass is 9.99. The van der Waals surface area contributed by atoms with Crippen molar-refractivity contribution in [3.8, 4) is 5.69 Å². The van der Waals surface area contributed by atoms with Crippen molar-refractivity contribution in [2.24, 2.45) is 0 Å². The van der Waals surface area contributed by atoms with E-state index in [1.54, 1.807) is 17.9 Å². The van der Waals surface area contributed by atoms with E-state index >= 15 is 0 Å². The molecule has 5 nitrogen and oxygen atoms in total. The Morgan fingerprint density at radius 1 is 1.27 bits per heavy atom. The number of hydrogen-bond donors (Lipinski definition) is 1. The molecule has 1 fully saturated rings. The van der Waals surface area contributed by atoms with Gasteiger partial charge in [-0.25, -0.2) is 9.67 Å². The average Bonchev–Trinajstić information content (AvgIpc) is 2.85. The molecule has 2 aromatic rings. The summed E-state index contributed by atoms with van der Waals surface area (Å²) in [4.78, 5) is 4.64. The summed E-state index contributed by atoms with van der Waals surface area (Å²) < 4.78 is 45.9. The molecule has 1 aliphatic rings. The van der Waals surface area contributed by atoms with E-state index < -0.39 is 11.7 Å². The highest BCUT2D eigenvalue weighted by Gasteiger charge is 2.31. The normalized spacial score (nSPS) is 18.7. The van der Waals surface area contributed by atoms with Crippen molar-refractivity contribution in [1.29, 1.82) is 0 Å². The number of rotatable bonds is 5. The summed E-state index contributed by atoms with van der Waals surface area (Å²) in [5, 5.41) is 7.83. The van der Waals surface area contributed by atoms with E-state index in [0.29, 0.717) is 24.5 Å². The molecule has 26 heavy (non-hydrogen) atoms. The van der Waals surface area contributed by atoms with Gasteiger partial charge >= 0.3 is 6.18 Å². The molecule has 0 aliphatic carbocycles. The van der Waals surface area contributed by atoms with Gasteiger partial charge in [-0.05, 0) is 50.6 Å². The van der Waals surface area contributed by atoms with Crippen LogP contribution in [0.5, 0.6) is 0 Å². The van der Waals surface area contributed by atoms with Crippen LogP contribution in [0.2, 0.25) is 0 Å². The van der Waals surface area contributed by atoms with Crippen LogP contribution in [0.3, 0.4) is 0 Å². The number of alkyl halides is 3. The highest BCUT2D eigenvalue weighted by molar-refractivity contribution is 5.37. The lowest BCUT2D eigenvalue weighted by Crippen LogP contribution is -2.15. The molecule has 1 N–H and O–H groups in total. The van der Waals surface area contributed by atoms with Crippen LogP contribution in [0.25, 0.3) is 5.69 Å². The molecule has 1 aromatic heterocycles. The molecule has 8 heteroatoms. The Bertz CT molecular complexity index is 721. The fourth-order valence-electron chi connectivity index (χ4n) is 3.21. The van der Waals surface area contributed by atoms with Crippen LogP contribution in [0.1, 0.15) is 42.4 Å². The number of nitrogens with one attached hydrogen (secondary N) is 1. The summed E-state index contributed by atoms with van der Waals surface area (Å²) in [6.07, 6.45) is -1.02. The molecule has 0 unspecified atom stereocenters. The zero-order chi connectivity index (χ0) is 18.6. The van der Waals surface area contributed by atoms with Gasteiger partial charge in [0, 0.05) is 19.4 Å². The second-order valence-corrected chi connectivity index (χ2v) is 6.47. The van der Waals surface area contributed by atoms with E-state index in [9.17, 15) is 13.2 Å². The van der Waals surface area contributed by atoms with Gasteiger partial charge in [-0.15, -0.1) is 0 Å². The average molecular weight is 368 g/mol. The molecule has 0 amide bonds. The summed E-state index contributed by atoms with van der Waals surface area (Å²) in [7, 11) is 1.60. The summed E-state index contributed by atoms with van der Waals surface area (Å²) in [5.74, 6) is 1.50. The highest BCUT2D eigenvalue weighted by Crippen LogP contribution is 2.32. The number of halogens is 3. The van der Waals surface area contributed by atoms with Crippen molar-refractivity contribution >= 4 is 0 Å². The molecule has 1 aliphatic heterocycles. The summed E-state index contributed by atoms with van der Waals surface area (Å²) in [6.45, 7) is 2.29. The maximum atomic E-state index is 13.1. The largest absolute Gasteiger partial charge is 0.416 e. The maximum absolute atomic E-state index is 13.1. The van der Waals surface area contributed by atoms with Crippen LogP contribution >= 0.6 is 0 Å². The lowest BCUT2D eigenvalue weighted by Gasteiger charge is -2.15. The van der Waals surface area contributed by atoms with Crippen LogP contribution < -0.4 is 5.32 Å². The molecule has 1 atom stereocenters. The molecule has 0 spiro atoms. The quantitative estimate of drug-likeness (QED) is 0.880. The first kappa shape index (κ1) is 18.8. The zero-order valence-corrected chi connectivity index (χ0v) is 14.7. The van der Waals surface area contributed by atoms with Gasteiger partial charge in [0.15, 0.2) is 5.82 Å². The van der Waals surface area contributed by atoms with Gasteiger partial charge in [0.05, 0.1) is 17.9 Å². The van der Waals surface area contributed by atoms with E-state index in [0.717, 1.165) is 50.3 Å². The third-order valence-corrected chi connectivity index (χ3v) is 4.56. The van der Waals surface area contributed by atoms with Crippen molar-refractivity contribution in [1.82, 2.24) is 20.1 Å². The van der Waals surface area contributed by atoms with Crippen LogP contribution in [-0.2, 0) is 17.3 Å². The van der Waals surface area contributed by atoms with E-state index in [1.165, 1.54) is 6.07 Å². The summed E-state index contributed by atoms with van der Waals surface area (Å²) in [6, 6.07) is 5.25. The molecule has 3 rings (SSSR count). The van der Waals surface area contributed by atoms with E-state index in [1.807, 2.05) is 0 Å². The molecule has 1 saturated heterocycles. The van der Waals surface area contributed by atoms with Gasteiger partial charge < -0.3 is 10.1 Å². The number of methoxy groups -OCH3 is 1. The SMILES string of the molecule is COCCc1nc([C@@H]2CCCNCC2)n(-c2cccc(C(F)(F)F)c2)n1. The Hall–Kier alpha value is -1.93. The topological polar surface area (TPSA) is 52.0 Å². The lowest BCUT2D eigenvalue weighted by molar-refractivity contribution is -0.137. The molecule has 142 valence electrons. The molecule has 0 bridgehead atoms. The van der Waals surface area contributed by atoms with Crippen LogP contribution in [0, 0.1) is 0 Å². The third kappa shape index (κ3) is 4.42. The number of ether oxygens (including phenoxy) is 1. The first-order valence-corrected chi connectivity index (χ1v) is 8.82. The Labute approximate surface area is 150 Å². The first-order valence-electron chi connectivity index (χ1n) is 8.82. The molecular weight excluding hydrogens is 345 g/mol. The Balaban J connectivity index is 2.00. The fourth-order valence-corrected chi connectivity index (χ4v) is 3.21. The number of nitrogens with zero attached hydrogens (tertiary/aromatic N) is 3. The number of benzene rings is 1. The Morgan fingerprint density at radius 3 is 2.88 bits per heavy atom. The van der Waals surface area contributed by atoms with Gasteiger partial charge in [-0.1, -0.05) is 6.07 Å². The zero-order valence-electron chi connectivity index (χ0n) is 14.7. The van der Waals surface area contributed by atoms with Crippen molar-refractivity contribution in [2.45, 2.75) is 37.8 Å². The smallest absolute Gasteiger partial charge is 0.384 e. The van der Waals surface area contributed by atoms with Gasteiger partial charge in [0.1, 0.15) is 5.82 Å². The highest BCUT2D eigenvalue weighted by atomic mass is 19.4. The van der Waals surface area contributed by atoms with Crippen molar-refractivity contribution in [2.75, 3.05) is 26.8 Å². The summed E-state index contributed by atoms with van der Waals surface area (Å²) >= 11 is 0. The van der Waals surface area contributed by atoms with Gasteiger partial charge in [-0.2, -0.15) is 18.3 Å². The Morgan fingerprint density at radius 2 is 2.12 bits per heavy atom. The molecule has 1 aromatic carbocycles. The minimum Gasteiger partial charge on any atom is -0.384 e. The second-order valence-electron chi connectivity index (χ2n) is 6.47. The van der Waals surface area contributed by atoms with Crippen molar-refractivity contribution in [3.05, 3.63) is 41.5 Å². The third-order valence-electron chi connectivity index (χ3n) is 4.56. The van der Waals surface area contributed by atoms with E-state index in [-0.39, 0.29) is 5.92 Å². The predicted molar refractivity (Wildman–Crippen MR) is 91.4 cm³/mol. The van der Waals surface area contributed by atoms with Crippen LogP contribution in [-0.4, -0.2) is 41.6 Å². The molecule has 2 heterocycles. The first-order chi connectivity index (χ1) is 12.5. The van der Waals surface area contributed by atoms with Crippen LogP contribution in [0.4, 0.5) is 13.2 Å². The minimum absolute atomic E-state index is 0.170. The van der Waals surface area contributed by atoms with Gasteiger partial charge in [0.25, 0.3) is 0 Å². The molecule has 0 saturated carbocycles. The monoisotopic (exact) mass is 368 g/mol. The number of hydrogen-bond acceptors (Lipinski definition) is 4. The van der Waals surface area contributed by atoms with Crippen LogP contribution in [0.15, 0.2) is 24.3 Å². The minimum atomic E-state index is -4.39. The van der Waals surface area contributed by atoms with E-state index in [4.69, 9.17) is 4.74 Å². The molecule has 0 radical (unpaired) electrons. The number of aromatic nitrogens is 3. The fraction of sp³-hybridized carbons (Fsp3) is 0.556. The predicted octanol–water partition coefficient (Wildman–Crippen LogP) is 3.33. The maximum Gasteiger partial charge on any atom is 0.416 e. The van der Waals surface area contributed by atoms with Crippen molar-refractivity contribution < 1.29 is 17.9 Å². The summed E-state index contributed by atoms with van der Waals surface area (Å²) in [5.41, 5.74) is -0.291. The second kappa shape index (κ2) is 8.18. The van der Waals surface area contributed by atoms with E-state index in [2.05, 4.69) is 15.4 Å². The van der Waals surface area contributed by atoms with Gasteiger partial charge in [0.2, 0.25) is 0 Å². The Kier molecular flexibility index (Phi) is 5.93. The van der Waals surface area contributed by atoms with Crippen molar-refractivity contribution in [3.63, 3.8) is 0 Å². The standard InChI is InChI=1S/C18H23F3N4O/c1-26-11-8-16-23-17(13-4-3-9-22-10-7-13)25(24-16)15-6-2-5-14(12-15)18(19,20)21/h2,5-6,12-13,22H,3-4,7-11H2,1H3/t13-/m1/s1.